The molecule has 1 amide bonds. The number of carbonyl (C=O) groups excluding carboxylic acids is 1. The Morgan fingerprint density at radius 1 is 1.30 bits per heavy atom. The molecule has 2 aliphatic rings. The molecule has 0 radical (unpaired) electrons. The van der Waals surface area contributed by atoms with Crippen molar-refractivity contribution in [1.29, 1.82) is 0 Å². The maximum atomic E-state index is 13.0. The van der Waals surface area contributed by atoms with Gasteiger partial charge in [-0.05, 0) is 52.3 Å². The van der Waals surface area contributed by atoms with E-state index in [4.69, 9.17) is 16.3 Å². The summed E-state index contributed by atoms with van der Waals surface area (Å²) in [6, 6.07) is 4.12. The van der Waals surface area contributed by atoms with Gasteiger partial charge >= 0.3 is 0 Å². The van der Waals surface area contributed by atoms with E-state index in [0.717, 1.165) is 32.4 Å². The highest BCUT2D eigenvalue weighted by molar-refractivity contribution is 6.33. The van der Waals surface area contributed by atoms with Crippen molar-refractivity contribution in [3.8, 4) is 5.88 Å². The lowest BCUT2D eigenvalue weighted by molar-refractivity contribution is 0.0657. The number of amides is 1. The Morgan fingerprint density at radius 2 is 2.04 bits per heavy atom. The molecule has 5 nitrogen and oxygen atoms in total. The van der Waals surface area contributed by atoms with Gasteiger partial charge in [-0.2, -0.15) is 0 Å². The summed E-state index contributed by atoms with van der Waals surface area (Å²) in [6.45, 7) is 4.30. The number of halogens is 1. The second-order valence-corrected chi connectivity index (χ2v) is 6.72. The van der Waals surface area contributed by atoms with Crippen molar-refractivity contribution >= 4 is 17.5 Å². The Bertz CT molecular complexity index is 581. The van der Waals surface area contributed by atoms with Gasteiger partial charge in [0.05, 0.1) is 11.6 Å². The molecular weight excluding hydrogens is 314 g/mol. The Labute approximate surface area is 142 Å². The molecule has 2 fully saturated rings. The SMILES string of the molecule is CCOc1ccc(Cl)c(C(=O)N2CCC[C@H]2[C@@H]2CCCN2C)n1. The predicted molar refractivity (Wildman–Crippen MR) is 90.1 cm³/mol. The third-order valence-electron chi connectivity index (χ3n) is 4.90. The highest BCUT2D eigenvalue weighted by Crippen LogP contribution is 2.31. The topological polar surface area (TPSA) is 45.7 Å². The number of hydrogen-bond acceptors (Lipinski definition) is 4. The zero-order valence-electron chi connectivity index (χ0n) is 13.8. The van der Waals surface area contributed by atoms with Crippen LogP contribution in [0, 0.1) is 0 Å². The van der Waals surface area contributed by atoms with Gasteiger partial charge in [0.1, 0.15) is 0 Å². The summed E-state index contributed by atoms with van der Waals surface area (Å²) in [4.78, 5) is 21.7. The first-order chi connectivity index (χ1) is 11.1. The van der Waals surface area contributed by atoms with E-state index < -0.39 is 0 Å². The van der Waals surface area contributed by atoms with E-state index in [9.17, 15) is 4.79 Å². The molecule has 0 N–H and O–H groups in total. The van der Waals surface area contributed by atoms with Gasteiger partial charge in [0.15, 0.2) is 5.69 Å². The van der Waals surface area contributed by atoms with Crippen molar-refractivity contribution < 1.29 is 9.53 Å². The van der Waals surface area contributed by atoms with Crippen LogP contribution in [0.3, 0.4) is 0 Å². The Balaban J connectivity index is 1.82. The number of nitrogens with zero attached hydrogens (tertiary/aromatic N) is 3. The number of aromatic nitrogens is 1. The van der Waals surface area contributed by atoms with Crippen LogP contribution in [0.15, 0.2) is 12.1 Å². The molecule has 2 aliphatic heterocycles. The van der Waals surface area contributed by atoms with Crippen molar-refractivity contribution in [2.24, 2.45) is 0 Å². The molecular formula is C17H24ClN3O2. The molecule has 0 aromatic carbocycles. The van der Waals surface area contributed by atoms with E-state index in [1.807, 2.05) is 11.8 Å². The number of carbonyl (C=O) groups is 1. The van der Waals surface area contributed by atoms with Crippen molar-refractivity contribution in [2.45, 2.75) is 44.7 Å². The third kappa shape index (κ3) is 3.31. The minimum atomic E-state index is -0.0700. The molecule has 1 aromatic rings. The first kappa shape index (κ1) is 16.5. The zero-order chi connectivity index (χ0) is 16.4. The third-order valence-corrected chi connectivity index (χ3v) is 5.20. The molecule has 23 heavy (non-hydrogen) atoms. The second-order valence-electron chi connectivity index (χ2n) is 6.31. The second kappa shape index (κ2) is 7.05. The molecule has 0 bridgehead atoms. The van der Waals surface area contributed by atoms with Crippen molar-refractivity contribution in [3.05, 3.63) is 22.8 Å². The monoisotopic (exact) mass is 337 g/mol. The first-order valence-corrected chi connectivity index (χ1v) is 8.80. The normalized spacial score (nSPS) is 25.1. The van der Waals surface area contributed by atoms with Gasteiger partial charge in [-0.1, -0.05) is 11.6 Å². The maximum Gasteiger partial charge on any atom is 0.274 e. The van der Waals surface area contributed by atoms with Gasteiger partial charge in [-0.3, -0.25) is 4.79 Å². The van der Waals surface area contributed by atoms with Crippen molar-refractivity contribution in [1.82, 2.24) is 14.8 Å². The van der Waals surface area contributed by atoms with E-state index in [2.05, 4.69) is 16.9 Å². The fourth-order valence-corrected chi connectivity index (χ4v) is 3.99. The van der Waals surface area contributed by atoms with E-state index >= 15 is 0 Å². The Kier molecular flexibility index (Phi) is 5.07. The zero-order valence-corrected chi connectivity index (χ0v) is 14.6. The standard InChI is InChI=1S/C17H24ClN3O2/c1-3-23-15-9-8-12(18)16(19-15)17(22)21-11-5-7-14(21)13-6-4-10-20(13)2/h8-9,13-14H,3-7,10-11H2,1-2H3/t13-,14-/m0/s1. The summed E-state index contributed by atoms with van der Waals surface area (Å²) in [5, 5.41) is 0.392. The molecule has 0 unspecified atom stereocenters. The van der Waals surface area contributed by atoms with E-state index in [-0.39, 0.29) is 11.9 Å². The number of likely N-dealkylation sites (tertiary alicyclic amines) is 2. The van der Waals surface area contributed by atoms with Gasteiger partial charge in [0.2, 0.25) is 5.88 Å². The average molecular weight is 338 g/mol. The van der Waals surface area contributed by atoms with Gasteiger partial charge in [-0.15, -0.1) is 0 Å². The summed E-state index contributed by atoms with van der Waals surface area (Å²) < 4.78 is 5.41. The highest BCUT2D eigenvalue weighted by atomic mass is 35.5. The summed E-state index contributed by atoms with van der Waals surface area (Å²) >= 11 is 6.23. The lowest BCUT2D eigenvalue weighted by Gasteiger charge is -2.33. The lowest BCUT2D eigenvalue weighted by Crippen LogP contribution is -2.47. The fourth-order valence-electron chi connectivity index (χ4n) is 3.81. The minimum Gasteiger partial charge on any atom is -0.478 e. The predicted octanol–water partition coefficient (Wildman–Crippen LogP) is 2.83. The van der Waals surface area contributed by atoms with Crippen LogP contribution in [0.4, 0.5) is 0 Å². The van der Waals surface area contributed by atoms with Crippen molar-refractivity contribution in [3.63, 3.8) is 0 Å². The lowest BCUT2D eigenvalue weighted by atomic mass is 10.0. The molecule has 1 aromatic heterocycles. The molecule has 3 rings (SSSR count). The summed E-state index contributed by atoms with van der Waals surface area (Å²) in [5.74, 6) is 0.383. The van der Waals surface area contributed by atoms with Crippen LogP contribution in [0.25, 0.3) is 0 Å². The first-order valence-electron chi connectivity index (χ1n) is 8.42. The highest BCUT2D eigenvalue weighted by Gasteiger charge is 2.39. The average Bonchev–Trinajstić information content (AvgIpc) is 3.17. The van der Waals surface area contributed by atoms with Crippen LogP contribution in [0.2, 0.25) is 5.02 Å². The van der Waals surface area contributed by atoms with Gasteiger partial charge in [-0.25, -0.2) is 4.98 Å². The van der Waals surface area contributed by atoms with E-state index in [0.29, 0.717) is 29.2 Å². The molecule has 2 atom stereocenters. The van der Waals surface area contributed by atoms with Crippen LogP contribution in [0.5, 0.6) is 5.88 Å². The number of ether oxygens (including phenoxy) is 1. The smallest absolute Gasteiger partial charge is 0.274 e. The summed E-state index contributed by atoms with van der Waals surface area (Å²) in [6.07, 6.45) is 4.47. The molecule has 3 heterocycles. The van der Waals surface area contributed by atoms with Crippen LogP contribution in [0.1, 0.15) is 43.1 Å². The molecule has 126 valence electrons. The summed E-state index contributed by atoms with van der Waals surface area (Å²) in [7, 11) is 2.15. The van der Waals surface area contributed by atoms with Crippen molar-refractivity contribution in [2.75, 3.05) is 26.7 Å². The molecule has 0 spiro atoms. The molecule has 2 saturated heterocycles. The van der Waals surface area contributed by atoms with Crippen LogP contribution in [-0.4, -0.2) is 59.5 Å². The van der Waals surface area contributed by atoms with Crippen LogP contribution in [-0.2, 0) is 0 Å². The van der Waals surface area contributed by atoms with Crippen LogP contribution < -0.4 is 4.74 Å². The largest absolute Gasteiger partial charge is 0.478 e. The molecule has 6 heteroatoms. The van der Waals surface area contributed by atoms with Gasteiger partial charge < -0.3 is 14.5 Å². The van der Waals surface area contributed by atoms with Gasteiger partial charge in [0.25, 0.3) is 5.91 Å². The molecule has 0 aliphatic carbocycles. The minimum absolute atomic E-state index is 0.0700. The maximum absolute atomic E-state index is 13.0. The Morgan fingerprint density at radius 3 is 2.74 bits per heavy atom. The van der Waals surface area contributed by atoms with Crippen LogP contribution >= 0.6 is 11.6 Å². The number of hydrogen-bond donors (Lipinski definition) is 0. The van der Waals surface area contributed by atoms with Gasteiger partial charge in [0, 0.05) is 24.7 Å². The van der Waals surface area contributed by atoms with E-state index in [1.54, 1.807) is 12.1 Å². The van der Waals surface area contributed by atoms with E-state index in [1.165, 1.54) is 6.42 Å². The number of rotatable bonds is 4. The quantitative estimate of drug-likeness (QED) is 0.847. The number of pyridine rings is 1. The molecule has 0 saturated carbocycles. The fraction of sp³-hybridized carbons (Fsp3) is 0.647. The number of likely N-dealkylation sites (N-methyl/N-ethyl adjacent to an activating group) is 1. The summed E-state index contributed by atoms with van der Waals surface area (Å²) in [5.41, 5.74) is 0.310. The Hall–Kier alpha value is -1.33.